The van der Waals surface area contributed by atoms with Crippen LogP contribution < -0.4 is 9.47 Å². The Kier molecular flexibility index (Phi) is 5.41. The highest BCUT2D eigenvalue weighted by molar-refractivity contribution is 7.17. The smallest absolute Gasteiger partial charge is 0.230 e. The molecule has 1 aliphatic rings. The molecule has 0 spiro atoms. The molecule has 3 aromatic rings. The molecule has 4 rings (SSSR count). The van der Waals surface area contributed by atoms with Crippen molar-refractivity contribution in [3.05, 3.63) is 34.5 Å². The lowest BCUT2D eigenvalue weighted by Gasteiger charge is -2.34. The molecule has 150 valence electrons. The van der Waals surface area contributed by atoms with Crippen molar-refractivity contribution in [3.63, 3.8) is 0 Å². The Morgan fingerprint density at radius 1 is 1.21 bits per heavy atom. The number of ether oxygens (including phenoxy) is 2. The second-order valence-corrected chi connectivity index (χ2v) is 7.99. The number of piperidine rings is 1. The van der Waals surface area contributed by atoms with Gasteiger partial charge in [0.25, 0.3) is 0 Å². The number of hydrogen-bond donors (Lipinski definition) is 1. The van der Waals surface area contributed by atoms with Crippen molar-refractivity contribution in [2.45, 2.75) is 39.2 Å². The molecule has 0 saturated carbocycles. The molecule has 1 atom stereocenters. The lowest BCUT2D eigenvalue weighted by atomic mass is 10.00. The third kappa shape index (κ3) is 3.42. The van der Waals surface area contributed by atoms with Crippen molar-refractivity contribution in [1.82, 2.24) is 19.5 Å². The standard InChI is InChI=1S/C20H26N4O3S/c1-4-27-15-9-8-14(12-16(15)26-3)17(23-10-6-5-7-11-23)18-19(25)24-20(28-18)21-13(2)22-24/h8-9,12,17,25H,4-7,10-11H2,1-3H3/t17-/m1/s1. The summed E-state index contributed by atoms with van der Waals surface area (Å²) < 4.78 is 12.8. The summed E-state index contributed by atoms with van der Waals surface area (Å²) in [5.74, 6) is 2.26. The molecule has 1 N–H and O–H groups in total. The van der Waals surface area contributed by atoms with Crippen molar-refractivity contribution in [1.29, 1.82) is 0 Å². The lowest BCUT2D eigenvalue weighted by molar-refractivity contribution is 0.186. The quantitative estimate of drug-likeness (QED) is 0.676. The minimum atomic E-state index is -0.0707. The molecule has 3 heterocycles. The molecule has 1 aromatic carbocycles. The number of methoxy groups -OCH3 is 1. The van der Waals surface area contributed by atoms with Crippen LogP contribution in [0.25, 0.3) is 4.96 Å². The van der Waals surface area contributed by atoms with E-state index in [1.807, 2.05) is 26.0 Å². The van der Waals surface area contributed by atoms with E-state index in [1.54, 1.807) is 7.11 Å². The molecular weight excluding hydrogens is 376 g/mol. The number of aromatic nitrogens is 3. The fourth-order valence-corrected chi connectivity index (χ4v) is 5.02. The molecule has 0 bridgehead atoms. The molecule has 8 heteroatoms. The predicted octanol–water partition coefficient (Wildman–Crippen LogP) is 3.79. The lowest BCUT2D eigenvalue weighted by Crippen LogP contribution is -2.34. The highest BCUT2D eigenvalue weighted by atomic mass is 32.1. The molecule has 0 radical (unpaired) electrons. The SMILES string of the molecule is CCOc1ccc([C@H](c2sc3nc(C)nn3c2O)N2CCCCC2)cc1OC. The van der Waals surface area contributed by atoms with Crippen LogP contribution in [0.3, 0.4) is 0 Å². The van der Waals surface area contributed by atoms with Crippen molar-refractivity contribution < 1.29 is 14.6 Å². The summed E-state index contributed by atoms with van der Waals surface area (Å²) in [5.41, 5.74) is 1.07. The topological polar surface area (TPSA) is 72.1 Å². The molecule has 0 aliphatic carbocycles. The number of rotatable bonds is 6. The predicted molar refractivity (Wildman–Crippen MR) is 109 cm³/mol. The van der Waals surface area contributed by atoms with Gasteiger partial charge in [0.2, 0.25) is 10.8 Å². The average molecular weight is 403 g/mol. The number of benzene rings is 1. The molecule has 28 heavy (non-hydrogen) atoms. The van der Waals surface area contributed by atoms with Gasteiger partial charge >= 0.3 is 0 Å². The molecule has 0 unspecified atom stereocenters. The largest absolute Gasteiger partial charge is 0.493 e. The third-order valence-electron chi connectivity index (χ3n) is 5.11. The van der Waals surface area contributed by atoms with Crippen LogP contribution in [0.5, 0.6) is 17.4 Å². The summed E-state index contributed by atoms with van der Waals surface area (Å²) in [6, 6.07) is 5.96. The number of hydrogen-bond acceptors (Lipinski definition) is 7. The monoisotopic (exact) mass is 402 g/mol. The van der Waals surface area contributed by atoms with E-state index in [-0.39, 0.29) is 11.9 Å². The van der Waals surface area contributed by atoms with Gasteiger partial charge in [0, 0.05) is 0 Å². The van der Waals surface area contributed by atoms with Gasteiger partial charge in [0.1, 0.15) is 5.82 Å². The van der Waals surface area contributed by atoms with Crippen LogP contribution in [0.4, 0.5) is 0 Å². The second-order valence-electron chi connectivity index (χ2n) is 6.99. The van der Waals surface area contributed by atoms with Crippen molar-refractivity contribution in [2.24, 2.45) is 0 Å². The summed E-state index contributed by atoms with van der Waals surface area (Å²) in [5, 5.41) is 15.2. The molecule has 1 fully saturated rings. The van der Waals surface area contributed by atoms with Crippen LogP contribution in [-0.2, 0) is 0 Å². The Hall–Kier alpha value is -2.32. The maximum atomic E-state index is 10.9. The van der Waals surface area contributed by atoms with Crippen LogP contribution in [0, 0.1) is 6.92 Å². The van der Waals surface area contributed by atoms with Crippen molar-refractivity contribution in [2.75, 3.05) is 26.8 Å². The molecule has 1 saturated heterocycles. The van der Waals surface area contributed by atoms with Gasteiger partial charge in [0.05, 0.1) is 24.6 Å². The fourth-order valence-electron chi connectivity index (χ4n) is 3.86. The summed E-state index contributed by atoms with van der Waals surface area (Å²) in [6.07, 6.45) is 3.56. The number of aryl methyl sites for hydroxylation is 1. The second kappa shape index (κ2) is 7.97. The van der Waals surface area contributed by atoms with E-state index in [1.165, 1.54) is 22.3 Å². The summed E-state index contributed by atoms with van der Waals surface area (Å²) in [6.45, 7) is 6.36. The zero-order chi connectivity index (χ0) is 19.7. The Balaban J connectivity index is 1.81. The van der Waals surface area contributed by atoms with E-state index >= 15 is 0 Å². The number of nitrogens with zero attached hydrogens (tertiary/aromatic N) is 4. The van der Waals surface area contributed by atoms with E-state index in [0.717, 1.165) is 42.1 Å². The Bertz CT molecular complexity index is 962. The first-order chi connectivity index (χ1) is 13.6. The summed E-state index contributed by atoms with van der Waals surface area (Å²) in [7, 11) is 1.65. The number of fused-ring (bicyclic) bond motifs is 1. The van der Waals surface area contributed by atoms with Crippen molar-refractivity contribution in [3.8, 4) is 17.4 Å². The van der Waals surface area contributed by atoms with Gasteiger partial charge < -0.3 is 14.6 Å². The molecule has 2 aromatic heterocycles. The number of thiazole rings is 1. The van der Waals surface area contributed by atoms with Gasteiger partial charge in [-0.3, -0.25) is 4.90 Å². The first-order valence-electron chi connectivity index (χ1n) is 9.72. The fraction of sp³-hybridized carbons (Fsp3) is 0.500. The zero-order valence-electron chi connectivity index (χ0n) is 16.5. The van der Waals surface area contributed by atoms with E-state index in [4.69, 9.17) is 9.47 Å². The first kappa shape index (κ1) is 19.0. The van der Waals surface area contributed by atoms with Crippen LogP contribution in [0.15, 0.2) is 18.2 Å². The van der Waals surface area contributed by atoms with Gasteiger partial charge in [-0.2, -0.15) is 4.52 Å². The van der Waals surface area contributed by atoms with Gasteiger partial charge in [0.15, 0.2) is 11.5 Å². The van der Waals surface area contributed by atoms with Gasteiger partial charge in [-0.1, -0.05) is 23.8 Å². The minimum absolute atomic E-state index is 0.0707. The van der Waals surface area contributed by atoms with Gasteiger partial charge in [-0.05, 0) is 57.5 Å². The van der Waals surface area contributed by atoms with Crippen molar-refractivity contribution >= 4 is 16.3 Å². The highest BCUT2D eigenvalue weighted by Gasteiger charge is 2.31. The average Bonchev–Trinajstić information content (AvgIpc) is 3.21. The summed E-state index contributed by atoms with van der Waals surface area (Å²) >= 11 is 1.49. The number of aromatic hydroxyl groups is 1. The van der Waals surface area contributed by atoms with Gasteiger partial charge in [-0.15, -0.1) is 5.10 Å². The van der Waals surface area contributed by atoms with Crippen LogP contribution in [0.1, 0.15) is 48.5 Å². The maximum absolute atomic E-state index is 10.9. The van der Waals surface area contributed by atoms with Gasteiger partial charge in [-0.25, -0.2) is 4.98 Å². The molecule has 1 aliphatic heterocycles. The molecular formula is C20H26N4O3S. The summed E-state index contributed by atoms with van der Waals surface area (Å²) in [4.78, 5) is 8.44. The first-order valence-corrected chi connectivity index (χ1v) is 10.5. The maximum Gasteiger partial charge on any atom is 0.230 e. The highest BCUT2D eigenvalue weighted by Crippen LogP contribution is 2.42. The normalized spacial score (nSPS) is 16.4. The Morgan fingerprint density at radius 3 is 2.68 bits per heavy atom. The number of likely N-dealkylation sites (tertiary alicyclic amines) is 1. The van der Waals surface area contributed by atoms with Crippen LogP contribution in [-0.4, -0.2) is 51.4 Å². The molecule has 0 amide bonds. The van der Waals surface area contributed by atoms with E-state index in [0.29, 0.717) is 23.1 Å². The van der Waals surface area contributed by atoms with E-state index in [9.17, 15) is 5.11 Å². The molecule has 7 nitrogen and oxygen atoms in total. The third-order valence-corrected chi connectivity index (χ3v) is 6.19. The zero-order valence-corrected chi connectivity index (χ0v) is 17.3. The van der Waals surface area contributed by atoms with E-state index in [2.05, 4.69) is 21.0 Å². The van der Waals surface area contributed by atoms with Crippen LogP contribution in [0.2, 0.25) is 0 Å². The Labute approximate surface area is 168 Å². The van der Waals surface area contributed by atoms with Crippen LogP contribution >= 0.6 is 11.3 Å². The minimum Gasteiger partial charge on any atom is -0.493 e. The van der Waals surface area contributed by atoms with E-state index < -0.39 is 0 Å². The Morgan fingerprint density at radius 2 is 2.00 bits per heavy atom.